The van der Waals surface area contributed by atoms with Crippen LogP contribution in [0, 0.1) is 0 Å². The molecule has 1 atom stereocenters. The van der Waals surface area contributed by atoms with Crippen molar-refractivity contribution in [2.75, 3.05) is 19.6 Å². The van der Waals surface area contributed by atoms with E-state index in [1.54, 1.807) is 0 Å². The highest BCUT2D eigenvalue weighted by molar-refractivity contribution is 5.19. The molecule has 0 amide bonds. The summed E-state index contributed by atoms with van der Waals surface area (Å²) < 4.78 is 0. The predicted molar refractivity (Wildman–Crippen MR) is 75.0 cm³/mol. The fraction of sp³-hybridized carbons (Fsp3) is 0.600. The van der Waals surface area contributed by atoms with Crippen LogP contribution in [0.5, 0.6) is 0 Å². The first-order valence-corrected chi connectivity index (χ1v) is 6.82. The van der Waals surface area contributed by atoms with Gasteiger partial charge in [0.15, 0.2) is 0 Å². The van der Waals surface area contributed by atoms with E-state index in [4.69, 9.17) is 5.73 Å². The van der Waals surface area contributed by atoms with Crippen LogP contribution in [0.4, 0.5) is 0 Å². The van der Waals surface area contributed by atoms with Crippen molar-refractivity contribution in [3.8, 4) is 0 Å². The molecule has 0 aromatic heterocycles. The molecule has 1 rings (SSSR count). The number of benzene rings is 1. The summed E-state index contributed by atoms with van der Waals surface area (Å²) >= 11 is 0. The van der Waals surface area contributed by atoms with Crippen LogP contribution in [0.15, 0.2) is 30.3 Å². The first kappa shape index (κ1) is 14.2. The zero-order valence-corrected chi connectivity index (χ0v) is 11.2. The summed E-state index contributed by atoms with van der Waals surface area (Å²) in [6, 6.07) is 11.2. The highest BCUT2D eigenvalue weighted by atomic mass is 15.1. The number of hydrogen-bond donors (Lipinski definition) is 1. The average molecular weight is 234 g/mol. The predicted octanol–water partition coefficient (Wildman–Crippen LogP) is 3.20. The van der Waals surface area contributed by atoms with E-state index in [-0.39, 0.29) is 0 Å². The molecule has 0 heterocycles. The molecule has 17 heavy (non-hydrogen) atoms. The van der Waals surface area contributed by atoms with Gasteiger partial charge in [0.1, 0.15) is 0 Å². The standard InChI is InChI=1S/C15H26N2/c1-3-12-17(13-4-2)15(10-11-16)14-8-6-5-7-9-14/h5-9,15H,3-4,10-13,16H2,1-2H3. The summed E-state index contributed by atoms with van der Waals surface area (Å²) in [7, 11) is 0. The second-order valence-electron chi connectivity index (χ2n) is 4.54. The molecule has 0 aliphatic heterocycles. The van der Waals surface area contributed by atoms with Gasteiger partial charge >= 0.3 is 0 Å². The first-order valence-electron chi connectivity index (χ1n) is 6.82. The first-order chi connectivity index (χ1) is 8.33. The fourth-order valence-electron chi connectivity index (χ4n) is 2.39. The summed E-state index contributed by atoms with van der Waals surface area (Å²) in [5, 5.41) is 0. The van der Waals surface area contributed by atoms with Crippen molar-refractivity contribution in [1.82, 2.24) is 4.90 Å². The Morgan fingerprint density at radius 3 is 2.12 bits per heavy atom. The third-order valence-electron chi connectivity index (χ3n) is 3.09. The summed E-state index contributed by atoms with van der Waals surface area (Å²) in [4.78, 5) is 2.57. The smallest absolute Gasteiger partial charge is 0.0360 e. The van der Waals surface area contributed by atoms with Gasteiger partial charge < -0.3 is 5.73 Å². The molecule has 0 saturated carbocycles. The summed E-state index contributed by atoms with van der Waals surface area (Å²) in [6.45, 7) is 7.56. The Hall–Kier alpha value is -0.860. The van der Waals surface area contributed by atoms with E-state index in [2.05, 4.69) is 49.1 Å². The van der Waals surface area contributed by atoms with Crippen LogP contribution in [-0.4, -0.2) is 24.5 Å². The van der Waals surface area contributed by atoms with Crippen molar-refractivity contribution in [3.63, 3.8) is 0 Å². The van der Waals surface area contributed by atoms with Crippen LogP contribution in [0.3, 0.4) is 0 Å². The van der Waals surface area contributed by atoms with Crippen molar-refractivity contribution < 1.29 is 0 Å². The maximum Gasteiger partial charge on any atom is 0.0360 e. The molecule has 0 fully saturated rings. The second kappa shape index (κ2) is 8.26. The normalized spacial score (nSPS) is 12.9. The van der Waals surface area contributed by atoms with Crippen molar-refractivity contribution >= 4 is 0 Å². The number of rotatable bonds is 8. The van der Waals surface area contributed by atoms with E-state index in [1.807, 2.05) is 0 Å². The minimum Gasteiger partial charge on any atom is -0.330 e. The van der Waals surface area contributed by atoms with Gasteiger partial charge in [0.05, 0.1) is 0 Å². The Balaban J connectivity index is 2.81. The molecular formula is C15H26N2. The molecule has 2 nitrogen and oxygen atoms in total. The van der Waals surface area contributed by atoms with E-state index in [9.17, 15) is 0 Å². The van der Waals surface area contributed by atoms with Gasteiger partial charge in [0, 0.05) is 6.04 Å². The maximum atomic E-state index is 5.77. The molecule has 2 N–H and O–H groups in total. The second-order valence-corrected chi connectivity index (χ2v) is 4.54. The minimum absolute atomic E-state index is 0.487. The van der Waals surface area contributed by atoms with E-state index in [1.165, 1.54) is 18.4 Å². The average Bonchev–Trinajstić information content (AvgIpc) is 2.37. The van der Waals surface area contributed by atoms with Gasteiger partial charge in [-0.25, -0.2) is 0 Å². The van der Waals surface area contributed by atoms with Crippen molar-refractivity contribution in [2.45, 2.75) is 39.2 Å². The van der Waals surface area contributed by atoms with Crippen molar-refractivity contribution in [1.29, 1.82) is 0 Å². The Morgan fingerprint density at radius 2 is 1.65 bits per heavy atom. The summed E-state index contributed by atoms with van der Waals surface area (Å²) in [6.07, 6.45) is 3.45. The molecule has 0 spiro atoms. The lowest BCUT2D eigenvalue weighted by molar-refractivity contribution is 0.190. The van der Waals surface area contributed by atoms with Gasteiger partial charge in [0.25, 0.3) is 0 Å². The van der Waals surface area contributed by atoms with Gasteiger partial charge in [-0.05, 0) is 44.5 Å². The van der Waals surface area contributed by atoms with Gasteiger partial charge in [-0.3, -0.25) is 4.90 Å². The molecule has 2 heteroatoms. The van der Waals surface area contributed by atoms with Gasteiger partial charge in [-0.15, -0.1) is 0 Å². The molecule has 0 radical (unpaired) electrons. The molecule has 0 aliphatic rings. The van der Waals surface area contributed by atoms with Crippen LogP contribution in [-0.2, 0) is 0 Å². The van der Waals surface area contributed by atoms with Crippen LogP contribution in [0.25, 0.3) is 0 Å². The number of hydrogen-bond acceptors (Lipinski definition) is 2. The Bertz CT molecular complexity index is 278. The lowest BCUT2D eigenvalue weighted by Crippen LogP contribution is -2.31. The molecule has 1 unspecified atom stereocenters. The van der Waals surface area contributed by atoms with Gasteiger partial charge in [-0.2, -0.15) is 0 Å². The van der Waals surface area contributed by atoms with Gasteiger partial charge in [0.2, 0.25) is 0 Å². The monoisotopic (exact) mass is 234 g/mol. The van der Waals surface area contributed by atoms with E-state index >= 15 is 0 Å². The molecule has 0 aliphatic carbocycles. The zero-order chi connectivity index (χ0) is 12.5. The van der Waals surface area contributed by atoms with Crippen molar-refractivity contribution in [3.05, 3.63) is 35.9 Å². The summed E-state index contributed by atoms with van der Waals surface area (Å²) in [5.74, 6) is 0. The highest BCUT2D eigenvalue weighted by Gasteiger charge is 2.17. The third kappa shape index (κ3) is 4.49. The van der Waals surface area contributed by atoms with Gasteiger partial charge in [-0.1, -0.05) is 44.2 Å². The highest BCUT2D eigenvalue weighted by Crippen LogP contribution is 2.24. The van der Waals surface area contributed by atoms with E-state index < -0.39 is 0 Å². The van der Waals surface area contributed by atoms with Crippen LogP contribution < -0.4 is 5.73 Å². The molecule has 1 aromatic rings. The number of nitrogens with zero attached hydrogens (tertiary/aromatic N) is 1. The molecule has 0 bridgehead atoms. The number of nitrogens with two attached hydrogens (primary N) is 1. The van der Waals surface area contributed by atoms with E-state index in [0.717, 1.165) is 26.1 Å². The van der Waals surface area contributed by atoms with Crippen LogP contribution >= 0.6 is 0 Å². The lowest BCUT2D eigenvalue weighted by atomic mass is 10.0. The van der Waals surface area contributed by atoms with E-state index in [0.29, 0.717) is 6.04 Å². The molecule has 96 valence electrons. The quantitative estimate of drug-likeness (QED) is 0.748. The van der Waals surface area contributed by atoms with Crippen molar-refractivity contribution in [2.24, 2.45) is 5.73 Å². The largest absolute Gasteiger partial charge is 0.330 e. The lowest BCUT2D eigenvalue weighted by Gasteiger charge is -2.31. The minimum atomic E-state index is 0.487. The van der Waals surface area contributed by atoms with Crippen LogP contribution in [0.2, 0.25) is 0 Å². The zero-order valence-electron chi connectivity index (χ0n) is 11.2. The Morgan fingerprint density at radius 1 is 1.06 bits per heavy atom. The summed E-state index contributed by atoms with van der Waals surface area (Å²) in [5.41, 5.74) is 7.17. The Kier molecular flexibility index (Phi) is 6.90. The molecular weight excluding hydrogens is 208 g/mol. The van der Waals surface area contributed by atoms with Crippen LogP contribution in [0.1, 0.15) is 44.7 Å². The SMILES string of the molecule is CCCN(CCC)C(CCN)c1ccccc1. The topological polar surface area (TPSA) is 29.3 Å². The molecule has 0 saturated heterocycles. The molecule has 1 aromatic carbocycles. The fourth-order valence-corrected chi connectivity index (χ4v) is 2.39. The maximum absolute atomic E-state index is 5.77. The third-order valence-corrected chi connectivity index (χ3v) is 3.09. The Labute approximate surface area is 106 Å².